The van der Waals surface area contributed by atoms with E-state index in [1.165, 1.54) is 49.9 Å². The Bertz CT molecular complexity index is 307. The molecule has 0 aromatic carbocycles. The number of unbranched alkanes of at least 4 members (excludes halogenated alkanes) is 6. The summed E-state index contributed by atoms with van der Waals surface area (Å²) in [4.78, 5) is 0. The SMILES string of the molecule is CCCCCCCCCS(=O)(=O)[O-].CC[N+](CC)(CC)CC. The first-order chi connectivity index (χ1) is 10.3. The van der Waals surface area contributed by atoms with Crippen LogP contribution in [0.2, 0.25) is 0 Å². The molecule has 0 amide bonds. The quantitative estimate of drug-likeness (QED) is 0.305. The molecule has 0 unspecified atom stereocenters. The van der Waals surface area contributed by atoms with E-state index in [2.05, 4.69) is 34.6 Å². The standard InChI is InChI=1S/C9H20O3S.C8H20N/c1-2-3-4-5-6-7-8-9-13(10,11)12;1-5-9(6-2,7-3)8-4/h2-9H2,1H3,(H,10,11,12);5-8H2,1-4H3/q;+1/p-1. The molecule has 0 heterocycles. The summed E-state index contributed by atoms with van der Waals surface area (Å²) in [6.45, 7) is 16.4. The Morgan fingerprint density at radius 3 is 1.32 bits per heavy atom. The first-order valence-corrected chi connectivity index (χ1v) is 10.7. The van der Waals surface area contributed by atoms with Gasteiger partial charge in [-0.25, -0.2) is 8.42 Å². The molecule has 0 N–H and O–H groups in total. The van der Waals surface area contributed by atoms with E-state index < -0.39 is 10.1 Å². The topological polar surface area (TPSA) is 57.2 Å². The van der Waals surface area contributed by atoms with Gasteiger partial charge in [-0.15, -0.1) is 0 Å². The summed E-state index contributed by atoms with van der Waals surface area (Å²) < 4.78 is 31.9. The summed E-state index contributed by atoms with van der Waals surface area (Å²) in [6, 6.07) is 0. The summed E-state index contributed by atoms with van der Waals surface area (Å²) in [6.07, 6.45) is 7.29. The Hall–Kier alpha value is -0.130. The van der Waals surface area contributed by atoms with E-state index in [1.807, 2.05) is 0 Å². The van der Waals surface area contributed by atoms with Gasteiger partial charge in [0.15, 0.2) is 0 Å². The van der Waals surface area contributed by atoms with Crippen LogP contribution >= 0.6 is 0 Å². The second-order valence-corrected chi connectivity index (χ2v) is 7.51. The minimum Gasteiger partial charge on any atom is -0.748 e. The van der Waals surface area contributed by atoms with Gasteiger partial charge in [-0.1, -0.05) is 45.4 Å². The molecule has 0 atom stereocenters. The Morgan fingerprint density at radius 2 is 1.05 bits per heavy atom. The number of hydrogen-bond donors (Lipinski definition) is 0. The number of nitrogens with zero attached hydrogens (tertiary/aromatic N) is 1. The molecule has 0 fully saturated rings. The van der Waals surface area contributed by atoms with Crippen molar-refractivity contribution in [1.29, 1.82) is 0 Å². The largest absolute Gasteiger partial charge is 0.748 e. The van der Waals surface area contributed by atoms with Gasteiger partial charge >= 0.3 is 0 Å². The molecule has 5 heteroatoms. The van der Waals surface area contributed by atoms with Crippen molar-refractivity contribution in [3.8, 4) is 0 Å². The van der Waals surface area contributed by atoms with Crippen LogP contribution in [-0.4, -0.2) is 49.4 Å². The van der Waals surface area contributed by atoms with E-state index in [1.54, 1.807) is 0 Å². The number of quaternary nitrogens is 1. The van der Waals surface area contributed by atoms with E-state index >= 15 is 0 Å². The lowest BCUT2D eigenvalue weighted by Gasteiger charge is -2.34. The summed E-state index contributed by atoms with van der Waals surface area (Å²) >= 11 is 0. The zero-order valence-corrected chi connectivity index (χ0v) is 16.4. The van der Waals surface area contributed by atoms with Gasteiger partial charge in [-0.2, -0.15) is 0 Å². The Morgan fingerprint density at radius 1 is 0.682 bits per heavy atom. The molecule has 4 nitrogen and oxygen atoms in total. The Balaban J connectivity index is 0. The van der Waals surface area contributed by atoms with E-state index in [0.29, 0.717) is 6.42 Å². The molecule has 0 bridgehead atoms. The maximum Gasteiger partial charge on any atom is 0.0945 e. The van der Waals surface area contributed by atoms with Gasteiger partial charge < -0.3 is 9.04 Å². The average molecular weight is 338 g/mol. The van der Waals surface area contributed by atoms with Crippen molar-refractivity contribution in [2.45, 2.75) is 79.6 Å². The van der Waals surface area contributed by atoms with E-state index in [4.69, 9.17) is 0 Å². The van der Waals surface area contributed by atoms with Gasteiger partial charge in [0.05, 0.1) is 36.3 Å². The van der Waals surface area contributed by atoms with Crippen LogP contribution in [0.5, 0.6) is 0 Å². The fraction of sp³-hybridized carbons (Fsp3) is 1.00. The average Bonchev–Trinajstić information content (AvgIpc) is 2.49. The molecule has 0 aromatic rings. The third kappa shape index (κ3) is 14.8. The maximum atomic E-state index is 10.2. The van der Waals surface area contributed by atoms with E-state index in [9.17, 15) is 13.0 Å². The third-order valence-corrected chi connectivity index (χ3v) is 5.47. The van der Waals surface area contributed by atoms with Crippen molar-refractivity contribution in [2.24, 2.45) is 0 Å². The molecule has 0 rings (SSSR count). The predicted octanol–water partition coefficient (Wildman–Crippen LogP) is 4.17. The summed E-state index contributed by atoms with van der Waals surface area (Å²) in [5.74, 6) is -0.194. The monoisotopic (exact) mass is 337 g/mol. The third-order valence-electron chi connectivity index (χ3n) is 4.68. The lowest BCUT2D eigenvalue weighted by molar-refractivity contribution is -0.921. The lowest BCUT2D eigenvalue weighted by Crippen LogP contribution is -2.47. The van der Waals surface area contributed by atoms with Crippen LogP contribution in [0.15, 0.2) is 0 Å². The van der Waals surface area contributed by atoms with Gasteiger partial charge in [-0.3, -0.25) is 0 Å². The Kier molecular flexibility index (Phi) is 15.9. The molecule has 0 spiro atoms. The molecule has 0 aromatic heterocycles. The fourth-order valence-electron chi connectivity index (χ4n) is 2.58. The predicted molar refractivity (Wildman–Crippen MR) is 95.0 cm³/mol. The van der Waals surface area contributed by atoms with Crippen molar-refractivity contribution >= 4 is 10.1 Å². The van der Waals surface area contributed by atoms with Gasteiger partial charge in [0.2, 0.25) is 0 Å². The minimum absolute atomic E-state index is 0.194. The molecular weight excluding hydrogens is 298 g/mol. The van der Waals surface area contributed by atoms with Crippen molar-refractivity contribution in [3.05, 3.63) is 0 Å². The first kappa shape index (κ1) is 24.1. The molecule has 0 saturated carbocycles. The van der Waals surface area contributed by atoms with Gasteiger partial charge in [0.1, 0.15) is 0 Å². The summed E-state index contributed by atoms with van der Waals surface area (Å²) in [5, 5.41) is 0. The molecule has 0 aliphatic rings. The molecule has 0 saturated heterocycles. The number of rotatable bonds is 12. The zero-order valence-electron chi connectivity index (χ0n) is 15.6. The van der Waals surface area contributed by atoms with Crippen LogP contribution in [0.4, 0.5) is 0 Å². The minimum atomic E-state index is -3.97. The van der Waals surface area contributed by atoms with E-state index in [0.717, 1.165) is 19.3 Å². The molecule has 0 aliphatic carbocycles. The van der Waals surface area contributed by atoms with Crippen molar-refractivity contribution in [1.82, 2.24) is 0 Å². The van der Waals surface area contributed by atoms with Crippen LogP contribution in [-0.2, 0) is 10.1 Å². The molecule has 136 valence electrons. The van der Waals surface area contributed by atoms with E-state index in [-0.39, 0.29) is 5.75 Å². The normalized spacial score (nSPS) is 11.9. The summed E-state index contributed by atoms with van der Waals surface area (Å²) in [7, 11) is -3.97. The van der Waals surface area contributed by atoms with Crippen LogP contribution in [0.25, 0.3) is 0 Å². The van der Waals surface area contributed by atoms with Crippen molar-refractivity contribution in [2.75, 3.05) is 31.9 Å². The highest BCUT2D eigenvalue weighted by Gasteiger charge is 2.16. The summed E-state index contributed by atoms with van der Waals surface area (Å²) in [5.41, 5.74) is 0. The fourth-order valence-corrected chi connectivity index (χ4v) is 3.14. The highest BCUT2D eigenvalue weighted by molar-refractivity contribution is 7.85. The van der Waals surface area contributed by atoms with Crippen LogP contribution in [0.1, 0.15) is 79.6 Å². The molecule has 0 aliphatic heterocycles. The van der Waals surface area contributed by atoms with Gasteiger partial charge in [0.25, 0.3) is 0 Å². The molecule has 0 radical (unpaired) electrons. The van der Waals surface area contributed by atoms with Crippen LogP contribution < -0.4 is 0 Å². The molecular formula is C17H39NO3S. The van der Waals surface area contributed by atoms with Crippen LogP contribution in [0.3, 0.4) is 0 Å². The van der Waals surface area contributed by atoms with Crippen molar-refractivity contribution in [3.63, 3.8) is 0 Å². The molecule has 22 heavy (non-hydrogen) atoms. The lowest BCUT2D eigenvalue weighted by atomic mass is 10.1. The number of hydrogen-bond acceptors (Lipinski definition) is 3. The smallest absolute Gasteiger partial charge is 0.0945 e. The first-order valence-electron chi connectivity index (χ1n) is 9.09. The van der Waals surface area contributed by atoms with Crippen molar-refractivity contribution < 1.29 is 17.5 Å². The highest BCUT2D eigenvalue weighted by Crippen LogP contribution is 2.07. The van der Waals surface area contributed by atoms with Crippen LogP contribution in [0, 0.1) is 0 Å². The second-order valence-electron chi connectivity index (χ2n) is 5.99. The van der Waals surface area contributed by atoms with Gasteiger partial charge in [0, 0.05) is 5.75 Å². The zero-order chi connectivity index (χ0) is 17.5. The highest BCUT2D eigenvalue weighted by atomic mass is 32.2. The Labute approximate surface area is 139 Å². The second kappa shape index (κ2) is 14.5. The van der Waals surface area contributed by atoms with Gasteiger partial charge in [-0.05, 0) is 34.1 Å². The maximum absolute atomic E-state index is 10.2.